The molecule has 2 fully saturated rings. The number of anilines is 1. The Morgan fingerprint density at radius 1 is 1.30 bits per heavy atom. The van der Waals surface area contributed by atoms with Crippen molar-refractivity contribution in [2.45, 2.75) is 32.6 Å². The first-order valence-electron chi connectivity index (χ1n) is 8.26. The second-order valence-corrected chi connectivity index (χ2v) is 7.43. The van der Waals surface area contributed by atoms with E-state index in [9.17, 15) is 4.79 Å². The summed E-state index contributed by atoms with van der Waals surface area (Å²) in [4.78, 5) is 24.7. The van der Waals surface area contributed by atoms with Crippen molar-refractivity contribution in [3.05, 3.63) is 16.9 Å². The van der Waals surface area contributed by atoms with Gasteiger partial charge < -0.3 is 14.5 Å². The van der Waals surface area contributed by atoms with Gasteiger partial charge in [0.25, 0.3) is 0 Å². The Bertz CT molecular complexity index is 536. The first-order valence-corrected chi connectivity index (χ1v) is 9.05. The van der Waals surface area contributed by atoms with Crippen LogP contribution in [0.3, 0.4) is 0 Å². The van der Waals surface area contributed by atoms with E-state index in [0.29, 0.717) is 6.61 Å². The molecular formula is C16H23BrN4O2. The van der Waals surface area contributed by atoms with E-state index in [4.69, 9.17) is 4.74 Å². The number of hydrogen-bond donors (Lipinski definition) is 0. The molecule has 6 nitrogen and oxygen atoms in total. The summed E-state index contributed by atoms with van der Waals surface area (Å²) in [5, 5.41) is 0. The Kier molecular flexibility index (Phi) is 5.04. The van der Waals surface area contributed by atoms with E-state index in [-0.39, 0.29) is 11.5 Å². The van der Waals surface area contributed by atoms with Crippen molar-refractivity contribution in [1.29, 1.82) is 0 Å². The van der Waals surface area contributed by atoms with E-state index in [1.165, 1.54) is 0 Å². The number of ether oxygens (including phenoxy) is 1. The van der Waals surface area contributed by atoms with E-state index in [0.717, 1.165) is 62.3 Å². The lowest BCUT2D eigenvalue weighted by Crippen LogP contribution is -2.62. The molecule has 0 saturated carbocycles. The Labute approximate surface area is 145 Å². The predicted molar refractivity (Wildman–Crippen MR) is 91.4 cm³/mol. The van der Waals surface area contributed by atoms with Crippen molar-refractivity contribution in [3.8, 4) is 0 Å². The molecule has 0 radical (unpaired) electrons. The maximum Gasteiger partial charge on any atom is 0.409 e. The summed E-state index contributed by atoms with van der Waals surface area (Å²) >= 11 is 3.36. The number of aromatic nitrogens is 2. The average molecular weight is 383 g/mol. The van der Waals surface area contributed by atoms with Crippen LogP contribution in [0.1, 0.15) is 32.6 Å². The summed E-state index contributed by atoms with van der Waals surface area (Å²) in [5.74, 6) is 0.790. The predicted octanol–water partition coefficient (Wildman–Crippen LogP) is 3.08. The summed E-state index contributed by atoms with van der Waals surface area (Å²) in [6.45, 7) is 6.17. The topological polar surface area (TPSA) is 58.6 Å². The molecule has 1 aromatic heterocycles. The zero-order chi connectivity index (χ0) is 16.3. The number of rotatable bonds is 4. The zero-order valence-corrected chi connectivity index (χ0v) is 15.1. The van der Waals surface area contributed by atoms with Crippen LogP contribution in [0.5, 0.6) is 0 Å². The third kappa shape index (κ3) is 3.76. The molecule has 23 heavy (non-hydrogen) atoms. The van der Waals surface area contributed by atoms with Crippen molar-refractivity contribution < 1.29 is 9.53 Å². The highest BCUT2D eigenvalue weighted by Gasteiger charge is 2.47. The van der Waals surface area contributed by atoms with E-state index in [1.54, 1.807) is 12.4 Å². The molecule has 2 saturated heterocycles. The lowest BCUT2D eigenvalue weighted by atomic mass is 9.72. The van der Waals surface area contributed by atoms with Gasteiger partial charge in [0.15, 0.2) is 0 Å². The fourth-order valence-corrected chi connectivity index (χ4v) is 3.46. The van der Waals surface area contributed by atoms with Crippen molar-refractivity contribution in [3.63, 3.8) is 0 Å². The molecule has 126 valence electrons. The monoisotopic (exact) mass is 382 g/mol. The van der Waals surface area contributed by atoms with Gasteiger partial charge in [0.1, 0.15) is 0 Å². The number of unbranched alkanes of at least 4 members (excludes halogenated alkanes) is 1. The summed E-state index contributed by atoms with van der Waals surface area (Å²) in [6, 6.07) is 0. The molecular weight excluding hydrogens is 360 g/mol. The molecule has 1 spiro atoms. The van der Waals surface area contributed by atoms with E-state index >= 15 is 0 Å². The van der Waals surface area contributed by atoms with Crippen molar-refractivity contribution in [2.75, 3.05) is 37.7 Å². The number of amides is 1. The molecule has 0 aliphatic carbocycles. The Balaban J connectivity index is 1.45. The average Bonchev–Trinajstić information content (AvgIpc) is 2.54. The van der Waals surface area contributed by atoms with Gasteiger partial charge in [-0.3, -0.25) is 0 Å². The molecule has 0 N–H and O–H groups in total. The van der Waals surface area contributed by atoms with Crippen molar-refractivity contribution >= 4 is 28.0 Å². The van der Waals surface area contributed by atoms with Gasteiger partial charge in [-0.15, -0.1) is 0 Å². The minimum Gasteiger partial charge on any atom is -0.449 e. The summed E-state index contributed by atoms with van der Waals surface area (Å²) in [6.07, 6.45) is 7.55. The SMILES string of the molecule is CCCCOC(=O)N1CC2(CCN(c3ncc(Br)cn3)CC2)C1. The van der Waals surface area contributed by atoms with Crippen LogP contribution in [-0.4, -0.2) is 53.7 Å². The van der Waals surface area contributed by atoms with Crippen LogP contribution in [0, 0.1) is 5.41 Å². The number of halogens is 1. The number of hydrogen-bond acceptors (Lipinski definition) is 5. The maximum atomic E-state index is 11.9. The first-order chi connectivity index (χ1) is 11.1. The smallest absolute Gasteiger partial charge is 0.409 e. The minimum atomic E-state index is -0.150. The summed E-state index contributed by atoms with van der Waals surface area (Å²) in [7, 11) is 0. The Morgan fingerprint density at radius 2 is 1.96 bits per heavy atom. The van der Waals surface area contributed by atoms with Crippen molar-refractivity contribution in [1.82, 2.24) is 14.9 Å². The third-order valence-electron chi connectivity index (χ3n) is 4.75. The fourth-order valence-electron chi connectivity index (χ4n) is 3.25. The van der Waals surface area contributed by atoms with E-state index < -0.39 is 0 Å². The highest BCUT2D eigenvalue weighted by Crippen LogP contribution is 2.41. The zero-order valence-electron chi connectivity index (χ0n) is 13.5. The number of nitrogens with zero attached hydrogens (tertiary/aromatic N) is 4. The van der Waals surface area contributed by atoms with Gasteiger partial charge in [-0.2, -0.15) is 0 Å². The largest absolute Gasteiger partial charge is 0.449 e. The lowest BCUT2D eigenvalue weighted by Gasteiger charge is -2.53. The molecule has 2 aliphatic rings. The van der Waals surface area contributed by atoms with Crippen LogP contribution in [0.25, 0.3) is 0 Å². The van der Waals surface area contributed by atoms with Gasteiger partial charge >= 0.3 is 6.09 Å². The van der Waals surface area contributed by atoms with Crippen LogP contribution >= 0.6 is 15.9 Å². The van der Waals surface area contributed by atoms with Crippen LogP contribution in [0.2, 0.25) is 0 Å². The van der Waals surface area contributed by atoms with Gasteiger partial charge in [-0.05, 0) is 35.2 Å². The summed E-state index contributed by atoms with van der Waals surface area (Å²) in [5.41, 5.74) is 0.273. The quantitative estimate of drug-likeness (QED) is 0.748. The molecule has 0 atom stereocenters. The van der Waals surface area contributed by atoms with Crippen LogP contribution < -0.4 is 4.90 Å². The van der Waals surface area contributed by atoms with Gasteiger partial charge in [-0.25, -0.2) is 14.8 Å². The highest BCUT2D eigenvalue weighted by molar-refractivity contribution is 9.10. The van der Waals surface area contributed by atoms with Gasteiger partial charge in [0.05, 0.1) is 11.1 Å². The molecule has 3 heterocycles. The third-order valence-corrected chi connectivity index (χ3v) is 5.16. The van der Waals surface area contributed by atoms with Gasteiger partial charge in [0.2, 0.25) is 5.95 Å². The molecule has 3 rings (SSSR count). The van der Waals surface area contributed by atoms with Crippen LogP contribution in [-0.2, 0) is 4.74 Å². The normalized spacial score (nSPS) is 19.6. The van der Waals surface area contributed by atoms with Crippen LogP contribution in [0.15, 0.2) is 16.9 Å². The standard InChI is InChI=1S/C16H23BrN4O2/c1-2-3-8-23-15(22)21-11-16(12-21)4-6-20(7-5-16)14-18-9-13(17)10-19-14/h9-10H,2-8,11-12H2,1H3. The second-order valence-electron chi connectivity index (χ2n) is 6.51. The molecule has 1 amide bonds. The van der Waals surface area contributed by atoms with Gasteiger partial charge in [-0.1, -0.05) is 13.3 Å². The number of piperidine rings is 1. The second kappa shape index (κ2) is 7.03. The van der Waals surface area contributed by atoms with Crippen LogP contribution in [0.4, 0.5) is 10.7 Å². The fraction of sp³-hybridized carbons (Fsp3) is 0.688. The number of carbonyl (C=O) groups excluding carboxylic acids is 1. The highest BCUT2D eigenvalue weighted by atomic mass is 79.9. The van der Waals surface area contributed by atoms with E-state index in [2.05, 4.69) is 37.7 Å². The van der Waals surface area contributed by atoms with Crippen molar-refractivity contribution in [2.24, 2.45) is 5.41 Å². The van der Waals surface area contributed by atoms with Gasteiger partial charge in [0, 0.05) is 44.0 Å². The lowest BCUT2D eigenvalue weighted by molar-refractivity contribution is -0.0181. The molecule has 0 bridgehead atoms. The minimum absolute atomic E-state index is 0.150. The molecule has 1 aromatic rings. The van der Waals surface area contributed by atoms with E-state index in [1.807, 2.05) is 4.90 Å². The molecule has 0 aromatic carbocycles. The Hall–Kier alpha value is -1.37. The first kappa shape index (κ1) is 16.5. The number of likely N-dealkylation sites (tertiary alicyclic amines) is 1. The molecule has 7 heteroatoms. The number of carbonyl (C=O) groups is 1. The maximum absolute atomic E-state index is 11.9. The summed E-state index contributed by atoms with van der Waals surface area (Å²) < 4.78 is 6.17. The Morgan fingerprint density at radius 3 is 2.57 bits per heavy atom. The molecule has 2 aliphatic heterocycles. The molecule has 0 unspecified atom stereocenters.